The number of carbonyl (C=O) groups excluding carboxylic acids is 2. The van der Waals surface area contributed by atoms with Gasteiger partial charge in [0.1, 0.15) is 39.6 Å². The molecule has 4 N–H and O–H groups in total. The van der Waals surface area contributed by atoms with Gasteiger partial charge in [-0.05, 0) is 49.9 Å². The zero-order chi connectivity index (χ0) is 39.1. The third kappa shape index (κ3) is 7.70. The zero-order valence-electron chi connectivity index (χ0n) is 32.4. The molecule has 2 amide bonds. The minimum absolute atomic E-state index is 0.359. The van der Waals surface area contributed by atoms with Gasteiger partial charge in [0.05, 0.1) is 40.5 Å². The molecule has 4 aromatic rings. The van der Waals surface area contributed by atoms with Gasteiger partial charge in [-0.15, -0.1) is 0 Å². The first-order valence-electron chi connectivity index (χ1n) is 17.7. The van der Waals surface area contributed by atoms with Gasteiger partial charge < -0.3 is 39.8 Å². The predicted octanol–water partition coefficient (Wildman–Crippen LogP) is 6.20. The van der Waals surface area contributed by atoms with Crippen molar-refractivity contribution in [2.75, 3.05) is 28.4 Å². The second-order valence-electron chi connectivity index (χ2n) is 14.3. The van der Waals surface area contributed by atoms with Gasteiger partial charge in [-0.25, -0.2) is 0 Å². The molecule has 0 heterocycles. The minimum Gasteiger partial charge on any atom is -0.496 e. The number of carbonyl (C=O) groups is 2. The van der Waals surface area contributed by atoms with Crippen LogP contribution in [-0.4, -0.2) is 62.6 Å². The highest BCUT2D eigenvalue weighted by Crippen LogP contribution is 2.46. The molecule has 0 unspecified atom stereocenters. The number of aliphatic hydroxyl groups is 2. The molecule has 0 spiro atoms. The highest BCUT2D eigenvalue weighted by molar-refractivity contribution is 6.04. The van der Waals surface area contributed by atoms with Crippen molar-refractivity contribution in [1.82, 2.24) is 10.6 Å². The lowest BCUT2D eigenvalue weighted by atomic mass is 9.73. The first-order valence-corrected chi connectivity index (χ1v) is 17.7. The fraction of sp³-hybridized carbons (Fsp3) is 0.395. The summed E-state index contributed by atoms with van der Waals surface area (Å²) in [7, 11) is 6.06. The second kappa shape index (κ2) is 16.7. The Bertz CT molecular complexity index is 1640. The molecule has 4 rings (SSSR count). The number of benzene rings is 4. The van der Waals surface area contributed by atoms with Crippen LogP contribution in [0, 0.1) is 17.3 Å². The summed E-state index contributed by atoms with van der Waals surface area (Å²) in [5.41, 5.74) is -3.81. The van der Waals surface area contributed by atoms with Crippen LogP contribution in [0.5, 0.6) is 23.0 Å². The third-order valence-electron chi connectivity index (χ3n) is 10.0. The Hall–Kier alpha value is -5.06. The van der Waals surface area contributed by atoms with Gasteiger partial charge in [-0.2, -0.15) is 0 Å². The number of para-hydroxylation sites is 4. The minimum atomic E-state index is -1.87. The van der Waals surface area contributed by atoms with Crippen LogP contribution in [0.15, 0.2) is 97.1 Å². The topological polar surface area (TPSA) is 136 Å². The molecule has 10 nitrogen and oxygen atoms in total. The number of hydrogen-bond donors (Lipinski definition) is 4. The van der Waals surface area contributed by atoms with E-state index < -0.39 is 40.5 Å². The molecule has 0 saturated carbocycles. The van der Waals surface area contributed by atoms with Crippen LogP contribution >= 0.6 is 0 Å². The van der Waals surface area contributed by atoms with Crippen LogP contribution in [0.3, 0.4) is 0 Å². The quantitative estimate of drug-likeness (QED) is 0.100. The van der Waals surface area contributed by atoms with Crippen molar-refractivity contribution in [2.45, 2.75) is 64.8 Å². The molecule has 10 heteroatoms. The van der Waals surface area contributed by atoms with E-state index in [9.17, 15) is 19.8 Å². The number of methoxy groups -OCH3 is 4. The molecule has 0 aliphatic heterocycles. The maximum atomic E-state index is 14.5. The summed E-state index contributed by atoms with van der Waals surface area (Å²) in [6.07, 6.45) is 0. The van der Waals surface area contributed by atoms with Crippen LogP contribution < -0.4 is 29.6 Å². The number of amides is 2. The second-order valence-corrected chi connectivity index (χ2v) is 14.3. The van der Waals surface area contributed by atoms with Crippen LogP contribution in [0.1, 0.15) is 63.8 Å². The average molecular weight is 727 g/mol. The monoisotopic (exact) mass is 726 g/mol. The summed E-state index contributed by atoms with van der Waals surface area (Å²) >= 11 is 0. The Morgan fingerprint density at radius 3 is 0.925 bits per heavy atom. The molecule has 0 aliphatic rings. The lowest BCUT2D eigenvalue weighted by molar-refractivity contribution is -0.145. The van der Waals surface area contributed by atoms with Crippen LogP contribution in [0.2, 0.25) is 0 Å². The lowest BCUT2D eigenvalue weighted by Crippen LogP contribution is -2.61. The Labute approximate surface area is 313 Å². The Morgan fingerprint density at radius 2 is 0.717 bits per heavy atom. The zero-order valence-corrected chi connectivity index (χ0v) is 32.4. The molecule has 0 bridgehead atoms. The van der Waals surface area contributed by atoms with E-state index >= 15 is 0 Å². The summed E-state index contributed by atoms with van der Waals surface area (Å²) in [5, 5.41) is 32.1. The summed E-state index contributed by atoms with van der Waals surface area (Å²) in [4.78, 5) is 29.1. The van der Waals surface area contributed by atoms with Gasteiger partial charge >= 0.3 is 0 Å². The van der Waals surface area contributed by atoms with Crippen LogP contribution in [0.25, 0.3) is 0 Å². The highest BCUT2D eigenvalue weighted by Gasteiger charge is 2.51. The first kappa shape index (κ1) is 40.7. The third-order valence-corrected chi connectivity index (χ3v) is 10.0. The molecule has 284 valence electrons. The molecule has 0 radical (unpaired) electrons. The van der Waals surface area contributed by atoms with Gasteiger partial charge in [0.2, 0.25) is 11.8 Å². The van der Waals surface area contributed by atoms with Gasteiger partial charge in [0.15, 0.2) is 0 Å². The molecule has 4 aromatic carbocycles. The van der Waals surface area contributed by atoms with E-state index in [0.717, 1.165) is 0 Å². The standard InChI is InChI=1S/C43H54N2O8/c1-27(2)37(42(48,29-19-11-15-23-33(29)50-7)30-20-12-16-24-34(30)51-8)44-39(46)41(5,6)40(47)45-38(28(3)4)43(49,31-21-13-17-25-35(31)52-9)32-22-14-18-26-36(32)53-10/h11-28,37-38,48-49H,1-10H3,(H,44,46)(H,45,47)/t37-,38-/m1/s1. The fourth-order valence-electron chi connectivity index (χ4n) is 7.05. The summed E-state index contributed by atoms with van der Waals surface area (Å²) in [6.45, 7) is 10.5. The van der Waals surface area contributed by atoms with E-state index in [4.69, 9.17) is 18.9 Å². The van der Waals surface area contributed by atoms with E-state index in [2.05, 4.69) is 10.6 Å². The SMILES string of the molecule is COc1ccccc1C(O)(c1ccccc1OC)[C@H](NC(=O)C(C)(C)C(=O)N[C@H](C(C)C)C(O)(c1ccccc1OC)c1ccccc1OC)C(C)C. The van der Waals surface area contributed by atoms with E-state index in [1.165, 1.54) is 42.3 Å². The molecular formula is C43H54N2O8. The van der Waals surface area contributed by atoms with Gasteiger partial charge in [-0.3, -0.25) is 9.59 Å². The number of hydrogen-bond acceptors (Lipinski definition) is 8. The average Bonchev–Trinajstić information content (AvgIpc) is 3.17. The molecular weight excluding hydrogens is 672 g/mol. The maximum Gasteiger partial charge on any atom is 0.235 e. The van der Waals surface area contributed by atoms with E-state index in [1.807, 2.05) is 27.7 Å². The molecule has 53 heavy (non-hydrogen) atoms. The Kier molecular flexibility index (Phi) is 12.9. The van der Waals surface area contributed by atoms with Crippen molar-refractivity contribution in [1.29, 1.82) is 0 Å². The van der Waals surface area contributed by atoms with Crippen molar-refractivity contribution in [3.05, 3.63) is 119 Å². The number of rotatable bonds is 16. The van der Waals surface area contributed by atoms with E-state index in [-0.39, 0.29) is 11.8 Å². The van der Waals surface area contributed by atoms with Gasteiger partial charge in [0, 0.05) is 22.3 Å². The molecule has 0 saturated heterocycles. The van der Waals surface area contributed by atoms with E-state index in [1.54, 1.807) is 97.1 Å². The number of ether oxygens (including phenoxy) is 4. The normalized spacial score (nSPS) is 13.2. The molecule has 0 aromatic heterocycles. The predicted molar refractivity (Wildman–Crippen MR) is 205 cm³/mol. The largest absolute Gasteiger partial charge is 0.496 e. The van der Waals surface area contributed by atoms with Crippen LogP contribution in [-0.2, 0) is 20.8 Å². The molecule has 0 fully saturated rings. The van der Waals surface area contributed by atoms with Crippen molar-refractivity contribution in [3.8, 4) is 23.0 Å². The van der Waals surface area contributed by atoms with E-state index in [0.29, 0.717) is 45.3 Å². The Morgan fingerprint density at radius 1 is 0.491 bits per heavy atom. The van der Waals surface area contributed by atoms with Crippen LogP contribution in [0.4, 0.5) is 0 Å². The maximum absolute atomic E-state index is 14.5. The smallest absolute Gasteiger partial charge is 0.235 e. The van der Waals surface area contributed by atoms with Crippen molar-refractivity contribution >= 4 is 11.8 Å². The van der Waals surface area contributed by atoms with Crippen molar-refractivity contribution in [3.63, 3.8) is 0 Å². The first-order chi connectivity index (χ1) is 25.1. The van der Waals surface area contributed by atoms with Gasteiger partial charge in [-0.1, -0.05) is 100 Å². The molecule has 2 atom stereocenters. The van der Waals surface area contributed by atoms with Gasteiger partial charge in [0.25, 0.3) is 0 Å². The fourth-order valence-corrected chi connectivity index (χ4v) is 7.05. The Balaban J connectivity index is 1.81. The number of nitrogens with one attached hydrogen (secondary N) is 2. The van der Waals surface area contributed by atoms with Crippen molar-refractivity contribution < 1.29 is 38.7 Å². The molecule has 0 aliphatic carbocycles. The summed E-state index contributed by atoms with van der Waals surface area (Å²) in [6, 6.07) is 26.3. The lowest BCUT2D eigenvalue weighted by Gasteiger charge is -2.43. The summed E-state index contributed by atoms with van der Waals surface area (Å²) in [5.74, 6) is -0.372. The summed E-state index contributed by atoms with van der Waals surface area (Å²) < 4.78 is 22.8. The van der Waals surface area contributed by atoms with Crippen molar-refractivity contribution in [2.24, 2.45) is 17.3 Å². The highest BCUT2D eigenvalue weighted by atomic mass is 16.5.